The molecule has 0 aliphatic heterocycles. The van der Waals surface area contributed by atoms with Crippen molar-refractivity contribution >= 4 is 21.6 Å². The van der Waals surface area contributed by atoms with Gasteiger partial charge in [0.25, 0.3) is 0 Å². The number of nitrogens with zero attached hydrogens (tertiary/aromatic N) is 6. The molecule has 0 unspecified atom stereocenters. The van der Waals surface area contributed by atoms with Crippen LogP contribution in [-0.2, 0) is 0 Å². The topological polar surface area (TPSA) is 141 Å². The molecule has 0 aromatic rings. The van der Waals surface area contributed by atoms with Crippen LogP contribution in [0.1, 0.15) is 40.0 Å². The molecule has 0 aliphatic rings. The fourth-order valence-corrected chi connectivity index (χ4v) is 2.01. The summed E-state index contributed by atoms with van der Waals surface area (Å²) in [5.74, 6) is 2.42. The van der Waals surface area contributed by atoms with E-state index in [4.69, 9.17) is 30.9 Å². The van der Waals surface area contributed by atoms with Crippen LogP contribution in [0.2, 0.25) is 0 Å². The van der Waals surface area contributed by atoms with Crippen LogP contribution in [0.3, 0.4) is 0 Å². The lowest BCUT2D eigenvalue weighted by Gasteiger charge is -2.22. The van der Waals surface area contributed by atoms with Crippen molar-refractivity contribution in [3.8, 4) is 17.9 Å². The van der Waals surface area contributed by atoms with Gasteiger partial charge < -0.3 is 41.5 Å². The van der Waals surface area contributed by atoms with Gasteiger partial charge in [0.05, 0.1) is 83.1 Å². The van der Waals surface area contributed by atoms with Crippen molar-refractivity contribution in [3.63, 3.8) is 0 Å². The second-order valence-corrected chi connectivity index (χ2v) is 10.4. The van der Waals surface area contributed by atoms with Crippen LogP contribution in [0, 0.1) is 33.7 Å². The first kappa shape index (κ1) is 47.4. The minimum absolute atomic E-state index is 0.806. The van der Waals surface area contributed by atoms with Crippen LogP contribution in [0.5, 0.6) is 0 Å². The van der Waals surface area contributed by atoms with Gasteiger partial charge in [0.15, 0.2) is 0 Å². The fraction of sp³-hybridized carbons (Fsp3) is 0.857. The SMILES string of the molecule is CCC[N+](C)(C)C.CCC[N+](C)(C)C.CCC[N+](C)(C)C.N#CB([O-])F.N#CB([O-])F.N#CB([O-])F. The maximum atomic E-state index is 10.5. The van der Waals surface area contributed by atoms with E-state index >= 15 is 0 Å². The van der Waals surface area contributed by atoms with E-state index in [-0.39, 0.29) is 0 Å². The summed E-state index contributed by atoms with van der Waals surface area (Å²) >= 11 is 0. The van der Waals surface area contributed by atoms with Crippen molar-refractivity contribution in [1.82, 2.24) is 0 Å². The van der Waals surface area contributed by atoms with Crippen molar-refractivity contribution in [3.05, 3.63) is 0 Å². The third-order valence-corrected chi connectivity index (χ3v) is 2.99. The zero-order chi connectivity index (χ0) is 30.6. The summed E-state index contributed by atoms with van der Waals surface area (Å²) in [6.07, 6.45) is 3.84. The highest BCUT2D eigenvalue weighted by Crippen LogP contribution is 1.91. The Balaban J connectivity index is -0.0000000756. The Morgan fingerprint density at radius 1 is 0.500 bits per heavy atom. The molecule has 0 N–H and O–H groups in total. The normalized spacial score (nSPS) is 9.42. The maximum Gasteiger partial charge on any atom is 0.365 e. The standard InChI is InChI=1S/3C6H16N.3CBFNO/c3*1-5-6-7(2,3)4;3*3-2(5)1-4/h3*5-6H2,1-4H3;;;/q3*+1;3*-1. The number of nitriles is 3. The summed E-state index contributed by atoms with van der Waals surface area (Å²) in [5.41, 5.74) is 0. The Labute approximate surface area is 220 Å². The average molecular weight is 522 g/mol. The number of hydrogen-bond acceptors (Lipinski definition) is 6. The molecule has 210 valence electrons. The summed E-state index contributed by atoms with van der Waals surface area (Å²) in [7, 11) is 12.2. The highest BCUT2D eigenvalue weighted by atomic mass is 19.1. The Morgan fingerprint density at radius 2 is 0.611 bits per heavy atom. The molecule has 36 heavy (non-hydrogen) atoms. The van der Waals surface area contributed by atoms with Crippen molar-refractivity contribution < 1.29 is 41.5 Å². The van der Waals surface area contributed by atoms with E-state index < -0.39 is 21.6 Å². The highest BCUT2D eigenvalue weighted by molar-refractivity contribution is 6.49. The van der Waals surface area contributed by atoms with Gasteiger partial charge in [0.1, 0.15) is 0 Å². The first-order valence-corrected chi connectivity index (χ1v) is 11.5. The lowest BCUT2D eigenvalue weighted by Crippen LogP contribution is -2.34. The quantitative estimate of drug-likeness (QED) is 0.353. The molecule has 0 rings (SSSR count). The van der Waals surface area contributed by atoms with Crippen molar-refractivity contribution in [2.45, 2.75) is 40.0 Å². The van der Waals surface area contributed by atoms with E-state index in [1.54, 1.807) is 0 Å². The number of hydrogen-bond donors (Lipinski definition) is 0. The molecule has 15 heteroatoms. The summed E-state index contributed by atoms with van der Waals surface area (Å²) in [6, 6.07) is 0. The summed E-state index contributed by atoms with van der Waals surface area (Å²) in [6.45, 7) is 10.5. The van der Waals surface area contributed by atoms with Crippen molar-refractivity contribution in [2.75, 3.05) is 83.1 Å². The molecule has 0 aliphatic carbocycles. The first-order valence-electron chi connectivity index (χ1n) is 11.5. The molecule has 0 radical (unpaired) electrons. The zero-order valence-corrected chi connectivity index (χ0v) is 24.5. The number of halogens is 3. The van der Waals surface area contributed by atoms with Crippen molar-refractivity contribution in [2.24, 2.45) is 0 Å². The molecule has 9 nitrogen and oxygen atoms in total. The Kier molecular flexibility index (Phi) is 38.8. The van der Waals surface area contributed by atoms with Gasteiger partial charge in [0, 0.05) is 17.9 Å². The lowest BCUT2D eigenvalue weighted by atomic mass is 10.0. The van der Waals surface area contributed by atoms with Crippen LogP contribution >= 0.6 is 0 Å². The molecule has 0 aromatic carbocycles. The van der Waals surface area contributed by atoms with Gasteiger partial charge in [-0.2, -0.15) is 0 Å². The molecule has 0 fully saturated rings. The second-order valence-electron chi connectivity index (χ2n) is 10.4. The molecule has 0 saturated heterocycles. The molecule has 0 bridgehead atoms. The maximum absolute atomic E-state index is 10.5. The van der Waals surface area contributed by atoms with E-state index in [9.17, 15) is 12.9 Å². The molecule has 0 aromatic heterocycles. The molecular weight excluding hydrogens is 474 g/mol. The summed E-state index contributed by atoms with van der Waals surface area (Å²) in [4.78, 5) is 0. The smallest absolute Gasteiger partial charge is 0.365 e. The molecule has 0 amide bonds. The minimum atomic E-state index is -2.56. The van der Waals surface area contributed by atoms with Crippen LogP contribution in [-0.4, -0.2) is 118 Å². The number of rotatable bonds is 6. The van der Waals surface area contributed by atoms with Gasteiger partial charge >= 0.3 is 21.6 Å². The predicted octanol–water partition coefficient (Wildman–Crippen LogP) is -0.0907. The van der Waals surface area contributed by atoms with E-state index in [0.717, 1.165) is 31.4 Å². The Morgan fingerprint density at radius 3 is 0.611 bits per heavy atom. The highest BCUT2D eigenvalue weighted by Gasteiger charge is 2.02. The van der Waals surface area contributed by atoms with Crippen LogP contribution in [0.15, 0.2) is 0 Å². The molecule has 0 spiro atoms. The summed E-state index contributed by atoms with van der Waals surface area (Å²) in [5, 5.41) is 48.2. The molecule has 0 atom stereocenters. The van der Waals surface area contributed by atoms with Gasteiger partial charge in [-0.05, 0) is 19.3 Å². The Bertz CT molecular complexity index is 499. The van der Waals surface area contributed by atoms with Crippen molar-refractivity contribution in [1.29, 1.82) is 15.8 Å². The predicted molar refractivity (Wildman–Crippen MR) is 137 cm³/mol. The third-order valence-electron chi connectivity index (χ3n) is 2.99. The van der Waals surface area contributed by atoms with Gasteiger partial charge in [-0.25, -0.2) is 15.8 Å². The van der Waals surface area contributed by atoms with Crippen LogP contribution < -0.4 is 15.1 Å². The average Bonchev–Trinajstić information content (AvgIpc) is 2.67. The van der Waals surface area contributed by atoms with E-state index in [1.807, 2.05) is 0 Å². The fourth-order valence-electron chi connectivity index (χ4n) is 2.01. The first-order chi connectivity index (χ1) is 16.0. The van der Waals surface area contributed by atoms with Crippen LogP contribution in [0.25, 0.3) is 0 Å². The molecule has 0 heterocycles. The number of quaternary nitrogens is 3. The van der Waals surface area contributed by atoms with Crippen LogP contribution in [0.4, 0.5) is 12.9 Å². The largest absolute Gasteiger partial charge is 0.840 e. The van der Waals surface area contributed by atoms with Gasteiger partial charge in [-0.3, -0.25) is 0 Å². The van der Waals surface area contributed by atoms with Gasteiger partial charge in [-0.1, -0.05) is 20.8 Å². The Hall–Kier alpha value is -1.79. The van der Waals surface area contributed by atoms with E-state index in [1.165, 1.54) is 38.9 Å². The van der Waals surface area contributed by atoms with Gasteiger partial charge in [-0.15, -0.1) is 0 Å². The van der Waals surface area contributed by atoms with E-state index in [2.05, 4.69) is 84.2 Å². The second kappa shape index (κ2) is 29.4. The minimum Gasteiger partial charge on any atom is -0.840 e. The monoisotopic (exact) mass is 522 g/mol. The third kappa shape index (κ3) is 119. The zero-order valence-electron chi connectivity index (χ0n) is 24.5. The van der Waals surface area contributed by atoms with Gasteiger partial charge in [0.2, 0.25) is 0 Å². The lowest BCUT2D eigenvalue weighted by molar-refractivity contribution is -0.870. The van der Waals surface area contributed by atoms with E-state index in [0.29, 0.717) is 0 Å². The summed E-state index contributed by atoms with van der Waals surface area (Å²) < 4.78 is 34.8. The molecular formula is C21H48B3F3N6O3. The molecule has 0 saturated carbocycles.